The third-order valence-corrected chi connectivity index (χ3v) is 3.01. The van der Waals surface area contributed by atoms with Crippen LogP contribution in [0.5, 0.6) is 0 Å². The first kappa shape index (κ1) is 14.2. The number of hydrogen-bond acceptors (Lipinski definition) is 3. The average molecular weight is 245 g/mol. The van der Waals surface area contributed by atoms with Crippen LogP contribution in [0.2, 0.25) is 0 Å². The number of carbonyl (C=O) groups is 1. The zero-order valence-electron chi connectivity index (χ0n) is 11.4. The lowest BCUT2D eigenvalue weighted by molar-refractivity contribution is -0.151. The molecule has 0 heterocycles. The number of nitrogens with zero attached hydrogens (tertiary/aromatic N) is 1. The van der Waals surface area contributed by atoms with E-state index in [-0.39, 0.29) is 0 Å². The lowest BCUT2D eigenvalue weighted by Gasteiger charge is -2.20. The highest BCUT2D eigenvalue weighted by Gasteiger charge is 2.35. The molecule has 3 nitrogen and oxygen atoms in total. The smallest absolute Gasteiger partial charge is 0.326 e. The number of rotatable bonds is 4. The first-order valence-corrected chi connectivity index (χ1v) is 6.07. The Kier molecular flexibility index (Phi) is 4.49. The van der Waals surface area contributed by atoms with Gasteiger partial charge in [-0.2, -0.15) is 5.26 Å². The number of carbonyl (C=O) groups excluding carboxylic acids is 1. The van der Waals surface area contributed by atoms with Gasteiger partial charge in [-0.1, -0.05) is 23.8 Å². The predicted octanol–water partition coefficient (Wildman–Crippen LogP) is 2.94. The van der Waals surface area contributed by atoms with Gasteiger partial charge in [-0.3, -0.25) is 4.79 Å². The molecule has 18 heavy (non-hydrogen) atoms. The molecule has 0 aliphatic carbocycles. The van der Waals surface area contributed by atoms with E-state index in [9.17, 15) is 10.1 Å². The van der Waals surface area contributed by atoms with Crippen LogP contribution in [0.4, 0.5) is 0 Å². The Hall–Kier alpha value is -1.82. The van der Waals surface area contributed by atoms with Crippen LogP contribution in [0.15, 0.2) is 18.2 Å². The van der Waals surface area contributed by atoms with Crippen molar-refractivity contribution in [2.24, 2.45) is 5.41 Å². The zero-order chi connectivity index (χ0) is 13.8. The topological polar surface area (TPSA) is 50.1 Å². The van der Waals surface area contributed by atoms with E-state index in [1.807, 2.05) is 26.0 Å². The Labute approximate surface area is 108 Å². The Balaban J connectivity index is 2.99. The van der Waals surface area contributed by atoms with Crippen LogP contribution in [-0.2, 0) is 16.0 Å². The Bertz CT molecular complexity index is 488. The second-order valence-corrected chi connectivity index (χ2v) is 4.77. The standard InChI is InChI=1S/C15H19NO2/c1-5-18-14(17)15(4,10-16)9-13-7-6-11(2)8-12(13)3/h6-8H,5,9H2,1-4H3. The molecular weight excluding hydrogens is 226 g/mol. The molecule has 96 valence electrons. The van der Waals surface area contributed by atoms with E-state index in [0.717, 1.165) is 11.1 Å². The lowest BCUT2D eigenvalue weighted by atomic mass is 9.83. The summed E-state index contributed by atoms with van der Waals surface area (Å²) < 4.78 is 4.97. The van der Waals surface area contributed by atoms with E-state index in [2.05, 4.69) is 12.1 Å². The van der Waals surface area contributed by atoms with Crippen molar-refractivity contribution in [2.45, 2.75) is 34.1 Å². The lowest BCUT2D eigenvalue weighted by Crippen LogP contribution is -2.31. The van der Waals surface area contributed by atoms with Gasteiger partial charge in [0, 0.05) is 6.42 Å². The van der Waals surface area contributed by atoms with Gasteiger partial charge in [0.15, 0.2) is 5.41 Å². The fourth-order valence-corrected chi connectivity index (χ4v) is 1.87. The van der Waals surface area contributed by atoms with Crippen LogP contribution in [-0.4, -0.2) is 12.6 Å². The van der Waals surface area contributed by atoms with Crippen molar-refractivity contribution in [3.63, 3.8) is 0 Å². The molecular formula is C15H19NO2. The van der Waals surface area contributed by atoms with Gasteiger partial charge in [0.1, 0.15) is 0 Å². The van der Waals surface area contributed by atoms with E-state index in [4.69, 9.17) is 4.74 Å². The van der Waals surface area contributed by atoms with Gasteiger partial charge in [0.05, 0.1) is 12.7 Å². The summed E-state index contributed by atoms with van der Waals surface area (Å²) in [5, 5.41) is 9.24. The van der Waals surface area contributed by atoms with Crippen molar-refractivity contribution in [3.05, 3.63) is 34.9 Å². The summed E-state index contributed by atoms with van der Waals surface area (Å²) in [6, 6.07) is 8.10. The fraction of sp³-hybridized carbons (Fsp3) is 0.467. The van der Waals surface area contributed by atoms with Gasteiger partial charge in [-0.05, 0) is 38.8 Å². The van der Waals surface area contributed by atoms with Crippen LogP contribution in [0.1, 0.15) is 30.5 Å². The molecule has 0 saturated carbocycles. The maximum absolute atomic E-state index is 11.8. The first-order chi connectivity index (χ1) is 8.42. The molecule has 0 radical (unpaired) electrons. The van der Waals surface area contributed by atoms with Crippen molar-refractivity contribution in [3.8, 4) is 6.07 Å². The number of esters is 1. The molecule has 0 saturated heterocycles. The maximum Gasteiger partial charge on any atom is 0.326 e. The summed E-state index contributed by atoms with van der Waals surface area (Å²) in [6.45, 7) is 7.68. The number of nitriles is 1. The third kappa shape index (κ3) is 3.10. The molecule has 1 aromatic rings. The van der Waals surface area contributed by atoms with Crippen molar-refractivity contribution in [2.75, 3.05) is 6.61 Å². The normalized spacial score (nSPS) is 13.5. The molecule has 0 aromatic heterocycles. The van der Waals surface area contributed by atoms with Gasteiger partial charge in [-0.25, -0.2) is 0 Å². The first-order valence-electron chi connectivity index (χ1n) is 6.07. The van der Waals surface area contributed by atoms with Gasteiger partial charge >= 0.3 is 5.97 Å². The second kappa shape index (κ2) is 5.68. The predicted molar refractivity (Wildman–Crippen MR) is 70.0 cm³/mol. The third-order valence-electron chi connectivity index (χ3n) is 3.01. The molecule has 1 rings (SSSR count). The van der Waals surface area contributed by atoms with Crippen LogP contribution in [0.25, 0.3) is 0 Å². The Morgan fingerprint density at radius 3 is 2.61 bits per heavy atom. The van der Waals surface area contributed by atoms with Crippen molar-refractivity contribution >= 4 is 5.97 Å². The highest BCUT2D eigenvalue weighted by molar-refractivity contribution is 5.80. The molecule has 1 unspecified atom stereocenters. The minimum atomic E-state index is -1.12. The molecule has 0 bridgehead atoms. The van der Waals surface area contributed by atoms with Gasteiger partial charge in [-0.15, -0.1) is 0 Å². The summed E-state index contributed by atoms with van der Waals surface area (Å²) in [6.07, 6.45) is 0.383. The molecule has 0 aliphatic rings. The second-order valence-electron chi connectivity index (χ2n) is 4.77. The molecule has 1 aromatic carbocycles. The number of hydrogen-bond donors (Lipinski definition) is 0. The fourth-order valence-electron chi connectivity index (χ4n) is 1.87. The highest BCUT2D eigenvalue weighted by atomic mass is 16.5. The summed E-state index contributed by atoms with van der Waals surface area (Å²) in [5.41, 5.74) is 2.17. The average Bonchev–Trinajstić information content (AvgIpc) is 2.33. The van der Waals surface area contributed by atoms with Crippen LogP contribution >= 0.6 is 0 Å². The molecule has 0 N–H and O–H groups in total. The van der Waals surface area contributed by atoms with E-state index in [1.54, 1.807) is 13.8 Å². The van der Waals surface area contributed by atoms with Gasteiger partial charge in [0.25, 0.3) is 0 Å². The zero-order valence-corrected chi connectivity index (χ0v) is 11.4. The summed E-state index contributed by atoms with van der Waals surface area (Å²) >= 11 is 0. The van der Waals surface area contributed by atoms with E-state index in [0.29, 0.717) is 13.0 Å². The summed E-state index contributed by atoms with van der Waals surface area (Å²) in [4.78, 5) is 11.8. The summed E-state index contributed by atoms with van der Waals surface area (Å²) in [5.74, 6) is -0.451. The van der Waals surface area contributed by atoms with E-state index in [1.165, 1.54) is 5.56 Å². The van der Waals surface area contributed by atoms with Crippen molar-refractivity contribution < 1.29 is 9.53 Å². The van der Waals surface area contributed by atoms with Gasteiger partial charge < -0.3 is 4.74 Å². The van der Waals surface area contributed by atoms with Crippen LogP contribution in [0.3, 0.4) is 0 Å². The molecule has 1 atom stereocenters. The van der Waals surface area contributed by atoms with E-state index < -0.39 is 11.4 Å². The Morgan fingerprint density at radius 1 is 1.44 bits per heavy atom. The maximum atomic E-state index is 11.8. The molecule has 0 fully saturated rings. The molecule has 3 heteroatoms. The minimum Gasteiger partial charge on any atom is -0.465 e. The number of ether oxygens (including phenoxy) is 1. The van der Waals surface area contributed by atoms with Crippen LogP contribution in [0, 0.1) is 30.6 Å². The molecule has 0 amide bonds. The van der Waals surface area contributed by atoms with Crippen LogP contribution < -0.4 is 0 Å². The SMILES string of the molecule is CCOC(=O)C(C)(C#N)Cc1ccc(C)cc1C. The Morgan fingerprint density at radius 2 is 2.11 bits per heavy atom. The quantitative estimate of drug-likeness (QED) is 0.766. The summed E-state index contributed by atoms with van der Waals surface area (Å²) in [7, 11) is 0. The number of aryl methyl sites for hydroxylation is 2. The monoisotopic (exact) mass is 245 g/mol. The molecule has 0 aliphatic heterocycles. The largest absolute Gasteiger partial charge is 0.465 e. The van der Waals surface area contributed by atoms with Gasteiger partial charge in [0.2, 0.25) is 0 Å². The number of benzene rings is 1. The van der Waals surface area contributed by atoms with Crippen molar-refractivity contribution in [1.29, 1.82) is 5.26 Å². The van der Waals surface area contributed by atoms with Crippen molar-refractivity contribution in [1.82, 2.24) is 0 Å². The minimum absolute atomic E-state index is 0.295. The van der Waals surface area contributed by atoms with E-state index >= 15 is 0 Å². The highest BCUT2D eigenvalue weighted by Crippen LogP contribution is 2.25. The molecule has 0 spiro atoms.